The summed E-state index contributed by atoms with van der Waals surface area (Å²) < 4.78 is 0. The molecule has 0 radical (unpaired) electrons. The Hall–Kier alpha value is -1.73. The molecule has 1 saturated heterocycles. The quantitative estimate of drug-likeness (QED) is 0.864. The monoisotopic (exact) mass is 391 g/mol. The van der Waals surface area contributed by atoms with Crippen LogP contribution in [0.2, 0.25) is 0 Å². The number of thiazole rings is 1. The first-order valence-electron chi connectivity index (χ1n) is 8.86. The van der Waals surface area contributed by atoms with Gasteiger partial charge in [-0.25, -0.2) is 4.98 Å². The molecule has 1 fully saturated rings. The predicted octanol–water partition coefficient (Wildman–Crippen LogP) is 3.85. The highest BCUT2D eigenvalue weighted by Gasteiger charge is 2.29. The Morgan fingerprint density at radius 1 is 1.27 bits per heavy atom. The second-order valence-corrected chi connectivity index (χ2v) is 9.51. The first-order valence-corrected chi connectivity index (χ1v) is 10.6. The molecule has 0 aromatic carbocycles. The lowest BCUT2D eigenvalue weighted by molar-refractivity contribution is 0.0702. The zero-order valence-electron chi connectivity index (χ0n) is 15.7. The number of carbonyl (C=O) groups excluding carboxylic acids is 2. The van der Waals surface area contributed by atoms with Gasteiger partial charge in [0, 0.05) is 35.5 Å². The normalized spacial score (nSPS) is 15.9. The number of aromatic nitrogens is 1. The number of nitrogens with zero attached hydrogens (tertiary/aromatic N) is 2. The van der Waals surface area contributed by atoms with Crippen molar-refractivity contribution in [2.45, 2.75) is 52.0 Å². The molecule has 0 atom stereocenters. The number of piperidine rings is 1. The summed E-state index contributed by atoms with van der Waals surface area (Å²) in [6.07, 6.45) is 1.57. The van der Waals surface area contributed by atoms with Crippen LogP contribution in [0.3, 0.4) is 0 Å². The second kappa shape index (κ2) is 7.48. The molecule has 1 N–H and O–H groups in total. The number of hydrogen-bond donors (Lipinski definition) is 1. The van der Waals surface area contributed by atoms with E-state index in [9.17, 15) is 9.59 Å². The molecule has 0 unspecified atom stereocenters. The van der Waals surface area contributed by atoms with Crippen molar-refractivity contribution in [3.05, 3.63) is 38.0 Å². The van der Waals surface area contributed by atoms with Crippen molar-refractivity contribution < 1.29 is 9.59 Å². The molecular formula is C19H25N3O2S2. The van der Waals surface area contributed by atoms with E-state index in [1.807, 2.05) is 28.7 Å². The van der Waals surface area contributed by atoms with Crippen LogP contribution in [0.25, 0.3) is 0 Å². The number of likely N-dealkylation sites (tertiary alicyclic amines) is 1. The van der Waals surface area contributed by atoms with Crippen LogP contribution in [0.15, 0.2) is 16.8 Å². The van der Waals surface area contributed by atoms with Gasteiger partial charge in [0.1, 0.15) is 4.88 Å². The topological polar surface area (TPSA) is 62.3 Å². The van der Waals surface area contributed by atoms with Gasteiger partial charge in [-0.1, -0.05) is 20.8 Å². The summed E-state index contributed by atoms with van der Waals surface area (Å²) in [7, 11) is 0. The van der Waals surface area contributed by atoms with Crippen molar-refractivity contribution in [1.82, 2.24) is 15.2 Å². The third-order valence-corrected chi connectivity index (χ3v) is 6.79. The zero-order chi connectivity index (χ0) is 18.9. The molecule has 2 amide bonds. The number of rotatable bonds is 3. The van der Waals surface area contributed by atoms with Gasteiger partial charge in [-0.15, -0.1) is 11.3 Å². The van der Waals surface area contributed by atoms with Crippen LogP contribution in [-0.4, -0.2) is 40.8 Å². The SMILES string of the molecule is Cc1nc(C(C)(C)C)sc1C(=O)N1CCC(NC(=O)c2ccsc2)CC1. The van der Waals surface area contributed by atoms with Gasteiger partial charge in [-0.3, -0.25) is 9.59 Å². The Kier molecular flexibility index (Phi) is 5.48. The van der Waals surface area contributed by atoms with Crippen molar-refractivity contribution in [2.75, 3.05) is 13.1 Å². The van der Waals surface area contributed by atoms with E-state index in [0.29, 0.717) is 18.7 Å². The first-order chi connectivity index (χ1) is 12.3. The lowest BCUT2D eigenvalue weighted by Gasteiger charge is -2.32. The molecule has 140 valence electrons. The number of aryl methyl sites for hydroxylation is 1. The molecule has 3 rings (SSSR count). The minimum absolute atomic E-state index is 0.0239. The van der Waals surface area contributed by atoms with Crippen molar-refractivity contribution in [3.8, 4) is 0 Å². The fourth-order valence-corrected chi connectivity index (χ4v) is 4.68. The maximum absolute atomic E-state index is 12.9. The maximum Gasteiger partial charge on any atom is 0.265 e. The fraction of sp³-hybridized carbons (Fsp3) is 0.526. The Balaban J connectivity index is 1.59. The highest BCUT2D eigenvalue weighted by molar-refractivity contribution is 7.14. The summed E-state index contributed by atoms with van der Waals surface area (Å²) in [4.78, 5) is 32.3. The number of amides is 2. The molecule has 0 aliphatic carbocycles. The van der Waals surface area contributed by atoms with Crippen LogP contribution >= 0.6 is 22.7 Å². The number of thiophene rings is 1. The van der Waals surface area contributed by atoms with E-state index in [1.54, 1.807) is 0 Å². The minimum Gasteiger partial charge on any atom is -0.349 e. The highest BCUT2D eigenvalue weighted by atomic mass is 32.1. The fourth-order valence-electron chi connectivity index (χ4n) is 2.95. The molecular weight excluding hydrogens is 366 g/mol. The molecule has 7 heteroatoms. The summed E-state index contributed by atoms with van der Waals surface area (Å²) in [6, 6.07) is 1.96. The smallest absolute Gasteiger partial charge is 0.265 e. The summed E-state index contributed by atoms with van der Waals surface area (Å²) in [5.74, 6) is 0.0438. The van der Waals surface area contributed by atoms with Gasteiger partial charge >= 0.3 is 0 Å². The van der Waals surface area contributed by atoms with Crippen molar-refractivity contribution >= 4 is 34.5 Å². The van der Waals surface area contributed by atoms with E-state index in [1.165, 1.54) is 22.7 Å². The molecule has 26 heavy (non-hydrogen) atoms. The van der Waals surface area contributed by atoms with Crippen molar-refractivity contribution in [3.63, 3.8) is 0 Å². The van der Waals surface area contributed by atoms with Gasteiger partial charge in [0.2, 0.25) is 0 Å². The van der Waals surface area contributed by atoms with E-state index in [-0.39, 0.29) is 23.3 Å². The van der Waals surface area contributed by atoms with Crippen molar-refractivity contribution in [1.29, 1.82) is 0 Å². The van der Waals surface area contributed by atoms with Crippen LogP contribution in [0.5, 0.6) is 0 Å². The van der Waals surface area contributed by atoms with Gasteiger partial charge in [-0.05, 0) is 31.2 Å². The summed E-state index contributed by atoms with van der Waals surface area (Å²) in [6.45, 7) is 9.57. The lowest BCUT2D eigenvalue weighted by atomic mass is 9.98. The summed E-state index contributed by atoms with van der Waals surface area (Å²) in [5, 5.41) is 7.83. The van der Waals surface area contributed by atoms with E-state index in [0.717, 1.165) is 28.4 Å². The van der Waals surface area contributed by atoms with Crippen LogP contribution in [0.4, 0.5) is 0 Å². The van der Waals surface area contributed by atoms with Crippen LogP contribution in [0.1, 0.15) is 64.3 Å². The van der Waals surface area contributed by atoms with E-state index in [4.69, 9.17) is 0 Å². The van der Waals surface area contributed by atoms with Gasteiger partial charge in [-0.2, -0.15) is 11.3 Å². The number of carbonyl (C=O) groups is 2. The molecule has 2 aromatic rings. The average Bonchev–Trinajstić information content (AvgIpc) is 3.24. The first kappa shape index (κ1) is 19.0. The summed E-state index contributed by atoms with van der Waals surface area (Å²) in [5.41, 5.74) is 1.48. The zero-order valence-corrected chi connectivity index (χ0v) is 17.3. The molecule has 5 nitrogen and oxygen atoms in total. The average molecular weight is 392 g/mol. The molecule has 2 aromatic heterocycles. The molecule has 0 spiro atoms. The van der Waals surface area contributed by atoms with E-state index in [2.05, 4.69) is 31.1 Å². The third-order valence-electron chi connectivity index (χ3n) is 4.53. The summed E-state index contributed by atoms with van der Waals surface area (Å²) >= 11 is 3.03. The Labute approximate surface area is 162 Å². The third kappa shape index (κ3) is 4.15. The number of hydrogen-bond acceptors (Lipinski definition) is 5. The predicted molar refractivity (Wildman–Crippen MR) is 106 cm³/mol. The number of nitrogens with one attached hydrogen (secondary N) is 1. The van der Waals surface area contributed by atoms with Gasteiger partial charge in [0.25, 0.3) is 11.8 Å². The van der Waals surface area contributed by atoms with E-state index >= 15 is 0 Å². The Morgan fingerprint density at radius 2 is 1.96 bits per heavy atom. The maximum atomic E-state index is 12.9. The second-order valence-electron chi connectivity index (χ2n) is 7.74. The molecule has 0 saturated carbocycles. The molecule has 3 heterocycles. The standard InChI is InChI=1S/C19H25N3O2S2/c1-12-15(26-18(20-12)19(2,3)4)17(24)22-8-5-14(6-9-22)21-16(23)13-7-10-25-11-13/h7,10-11,14H,5-6,8-9H2,1-4H3,(H,21,23). The van der Waals surface area contributed by atoms with Crippen LogP contribution in [-0.2, 0) is 5.41 Å². The lowest BCUT2D eigenvalue weighted by Crippen LogP contribution is -2.46. The Morgan fingerprint density at radius 3 is 2.50 bits per heavy atom. The van der Waals surface area contributed by atoms with Gasteiger partial charge < -0.3 is 10.2 Å². The van der Waals surface area contributed by atoms with Crippen LogP contribution in [0, 0.1) is 6.92 Å². The van der Waals surface area contributed by atoms with Gasteiger partial charge in [0.05, 0.1) is 10.7 Å². The Bertz CT molecular complexity index is 782. The van der Waals surface area contributed by atoms with Gasteiger partial charge in [0.15, 0.2) is 0 Å². The largest absolute Gasteiger partial charge is 0.349 e. The molecule has 1 aliphatic rings. The van der Waals surface area contributed by atoms with E-state index < -0.39 is 0 Å². The molecule has 1 aliphatic heterocycles. The van der Waals surface area contributed by atoms with Crippen molar-refractivity contribution in [2.24, 2.45) is 0 Å². The molecule has 0 bridgehead atoms. The minimum atomic E-state index is -0.0487. The van der Waals surface area contributed by atoms with Crippen LogP contribution < -0.4 is 5.32 Å². The highest BCUT2D eigenvalue weighted by Crippen LogP contribution is 2.30.